The summed E-state index contributed by atoms with van der Waals surface area (Å²) in [6.45, 7) is 2.46. The minimum Gasteiger partial charge on any atom is -0.486 e. The Labute approximate surface area is 130 Å². The fourth-order valence-electron chi connectivity index (χ4n) is 2.10. The fourth-order valence-corrected chi connectivity index (χ4v) is 2.55. The van der Waals surface area contributed by atoms with Crippen LogP contribution in [0, 0.1) is 0 Å². The lowest BCUT2D eigenvalue weighted by atomic mass is 10.2. The van der Waals surface area contributed by atoms with Crippen molar-refractivity contribution in [1.29, 1.82) is 0 Å². The minimum absolute atomic E-state index is 0.336. The monoisotopic (exact) mass is 346 g/mol. The van der Waals surface area contributed by atoms with E-state index in [9.17, 15) is 0 Å². The average molecular weight is 347 g/mol. The van der Waals surface area contributed by atoms with Gasteiger partial charge in [-0.1, -0.05) is 19.1 Å². The highest BCUT2D eigenvalue weighted by atomic mass is 79.9. The van der Waals surface area contributed by atoms with Crippen molar-refractivity contribution in [3.63, 3.8) is 0 Å². The molecule has 3 aromatic rings. The molecule has 1 aromatic carbocycles. The van der Waals surface area contributed by atoms with Crippen LogP contribution in [-0.2, 0) is 13.0 Å². The molecule has 0 spiro atoms. The summed E-state index contributed by atoms with van der Waals surface area (Å²) in [7, 11) is 0. The Morgan fingerprint density at radius 2 is 2.00 bits per heavy atom. The van der Waals surface area contributed by atoms with E-state index in [1.807, 2.05) is 22.7 Å². The third kappa shape index (κ3) is 2.85. The van der Waals surface area contributed by atoms with Crippen molar-refractivity contribution >= 4 is 27.3 Å². The number of aryl methyl sites for hydroxylation is 1. The summed E-state index contributed by atoms with van der Waals surface area (Å²) in [6, 6.07) is 9.86. The number of ether oxygens (including phenoxy) is 1. The van der Waals surface area contributed by atoms with Crippen molar-refractivity contribution in [2.75, 3.05) is 5.73 Å². The van der Waals surface area contributed by atoms with Gasteiger partial charge < -0.3 is 10.5 Å². The van der Waals surface area contributed by atoms with E-state index in [0.29, 0.717) is 23.8 Å². The molecule has 0 saturated carbocycles. The molecule has 2 N–H and O–H groups in total. The summed E-state index contributed by atoms with van der Waals surface area (Å²) in [5.41, 5.74) is 8.42. The first-order chi connectivity index (χ1) is 10.2. The van der Waals surface area contributed by atoms with E-state index in [4.69, 9.17) is 10.5 Å². The first kappa shape index (κ1) is 13.9. The molecule has 108 valence electrons. The number of nitrogens with two attached hydrogens (primary N) is 1. The number of benzene rings is 1. The highest BCUT2D eigenvalue weighted by molar-refractivity contribution is 9.10. The smallest absolute Gasteiger partial charge is 0.184 e. The highest BCUT2D eigenvalue weighted by Gasteiger charge is 2.09. The minimum atomic E-state index is 0.336. The van der Waals surface area contributed by atoms with Crippen LogP contribution in [0.3, 0.4) is 0 Å². The Morgan fingerprint density at radius 1 is 1.24 bits per heavy atom. The number of pyridine rings is 1. The van der Waals surface area contributed by atoms with Gasteiger partial charge in [-0.15, -0.1) is 10.2 Å². The van der Waals surface area contributed by atoms with E-state index in [1.165, 1.54) is 5.56 Å². The first-order valence-electron chi connectivity index (χ1n) is 6.67. The molecular formula is C15H15BrN4O. The number of hydrogen-bond acceptors (Lipinski definition) is 4. The maximum absolute atomic E-state index is 5.92. The van der Waals surface area contributed by atoms with Crippen LogP contribution in [0.25, 0.3) is 5.65 Å². The number of anilines is 1. The van der Waals surface area contributed by atoms with Gasteiger partial charge >= 0.3 is 0 Å². The van der Waals surface area contributed by atoms with E-state index in [0.717, 1.165) is 16.6 Å². The van der Waals surface area contributed by atoms with Crippen LogP contribution in [0.2, 0.25) is 0 Å². The fraction of sp³-hybridized carbons (Fsp3) is 0.200. The normalized spacial score (nSPS) is 11.0. The van der Waals surface area contributed by atoms with Crippen LogP contribution >= 0.6 is 15.9 Å². The standard InChI is InChI=1S/C15H15BrN4O/c1-2-10-3-5-12(6-4-10)21-9-14-18-19-15-13(17)7-11(16)8-20(14)15/h3-8H,2,9,17H2,1H3. The molecule has 0 amide bonds. The summed E-state index contributed by atoms with van der Waals surface area (Å²) in [6.07, 6.45) is 2.90. The number of fused-ring (bicyclic) bond motifs is 1. The van der Waals surface area contributed by atoms with Crippen molar-refractivity contribution in [3.8, 4) is 5.75 Å². The van der Waals surface area contributed by atoms with Gasteiger partial charge in [0.25, 0.3) is 0 Å². The second kappa shape index (κ2) is 5.73. The number of nitrogen functional groups attached to an aromatic ring is 1. The van der Waals surface area contributed by atoms with E-state index >= 15 is 0 Å². The molecule has 0 aliphatic rings. The Kier molecular flexibility index (Phi) is 3.79. The molecule has 0 atom stereocenters. The molecule has 2 heterocycles. The van der Waals surface area contributed by atoms with Gasteiger partial charge in [-0.2, -0.15) is 0 Å². The molecule has 0 saturated heterocycles. The Balaban J connectivity index is 1.81. The molecule has 2 aromatic heterocycles. The van der Waals surface area contributed by atoms with E-state index < -0.39 is 0 Å². The molecular weight excluding hydrogens is 332 g/mol. The van der Waals surface area contributed by atoms with Crippen molar-refractivity contribution in [1.82, 2.24) is 14.6 Å². The summed E-state index contributed by atoms with van der Waals surface area (Å²) in [4.78, 5) is 0. The number of nitrogens with zero attached hydrogens (tertiary/aromatic N) is 3. The second-order valence-corrected chi connectivity index (χ2v) is 5.63. The largest absolute Gasteiger partial charge is 0.486 e. The summed E-state index contributed by atoms with van der Waals surface area (Å²) in [5, 5.41) is 8.22. The molecule has 0 unspecified atom stereocenters. The van der Waals surface area contributed by atoms with Gasteiger partial charge in [-0.05, 0) is 46.1 Å². The van der Waals surface area contributed by atoms with Crippen LogP contribution in [0.4, 0.5) is 5.69 Å². The van der Waals surface area contributed by atoms with Gasteiger partial charge in [0.1, 0.15) is 12.4 Å². The highest BCUT2D eigenvalue weighted by Crippen LogP contribution is 2.20. The van der Waals surface area contributed by atoms with Crippen molar-refractivity contribution < 1.29 is 4.74 Å². The van der Waals surface area contributed by atoms with Gasteiger partial charge in [0.2, 0.25) is 0 Å². The van der Waals surface area contributed by atoms with Gasteiger partial charge in [-0.25, -0.2) is 0 Å². The van der Waals surface area contributed by atoms with Crippen molar-refractivity contribution in [2.45, 2.75) is 20.0 Å². The summed E-state index contributed by atoms with van der Waals surface area (Å²) >= 11 is 3.42. The van der Waals surface area contributed by atoms with Crippen LogP contribution < -0.4 is 10.5 Å². The zero-order chi connectivity index (χ0) is 14.8. The zero-order valence-electron chi connectivity index (χ0n) is 11.6. The van der Waals surface area contributed by atoms with Crippen LogP contribution in [0.5, 0.6) is 5.75 Å². The van der Waals surface area contributed by atoms with Crippen molar-refractivity contribution in [3.05, 3.63) is 52.4 Å². The van der Waals surface area contributed by atoms with E-state index in [2.05, 4.69) is 45.2 Å². The molecule has 3 rings (SSSR count). The Morgan fingerprint density at radius 3 is 2.71 bits per heavy atom. The quantitative estimate of drug-likeness (QED) is 0.787. The molecule has 0 radical (unpaired) electrons. The Bertz CT molecular complexity index is 767. The lowest BCUT2D eigenvalue weighted by molar-refractivity contribution is 0.294. The number of halogens is 1. The van der Waals surface area contributed by atoms with Crippen LogP contribution in [0.15, 0.2) is 41.0 Å². The number of hydrogen-bond donors (Lipinski definition) is 1. The maximum Gasteiger partial charge on any atom is 0.184 e. The number of rotatable bonds is 4. The predicted molar refractivity (Wildman–Crippen MR) is 85.3 cm³/mol. The molecule has 0 bridgehead atoms. The van der Waals surface area contributed by atoms with Gasteiger partial charge in [-0.3, -0.25) is 4.40 Å². The molecule has 6 heteroatoms. The summed E-state index contributed by atoms with van der Waals surface area (Å²) < 4.78 is 8.47. The molecule has 0 aliphatic carbocycles. The third-order valence-electron chi connectivity index (χ3n) is 3.27. The van der Waals surface area contributed by atoms with Crippen molar-refractivity contribution in [2.24, 2.45) is 0 Å². The summed E-state index contributed by atoms with van der Waals surface area (Å²) in [5.74, 6) is 1.52. The van der Waals surface area contributed by atoms with Gasteiger partial charge in [0.15, 0.2) is 11.5 Å². The average Bonchev–Trinajstić information content (AvgIpc) is 2.89. The molecule has 0 fully saturated rings. The topological polar surface area (TPSA) is 65.4 Å². The van der Waals surface area contributed by atoms with Gasteiger partial charge in [0.05, 0.1) is 5.69 Å². The second-order valence-electron chi connectivity index (χ2n) is 4.71. The first-order valence-corrected chi connectivity index (χ1v) is 7.47. The number of aromatic nitrogens is 3. The van der Waals surface area contributed by atoms with Gasteiger partial charge in [0, 0.05) is 10.7 Å². The maximum atomic E-state index is 5.92. The van der Waals surface area contributed by atoms with E-state index in [-0.39, 0.29) is 0 Å². The van der Waals surface area contributed by atoms with E-state index in [1.54, 1.807) is 6.07 Å². The molecule has 5 nitrogen and oxygen atoms in total. The zero-order valence-corrected chi connectivity index (χ0v) is 13.2. The van der Waals surface area contributed by atoms with Crippen LogP contribution in [-0.4, -0.2) is 14.6 Å². The Hall–Kier alpha value is -2.08. The predicted octanol–water partition coefficient (Wildman–Crippen LogP) is 3.22. The lowest BCUT2D eigenvalue weighted by Gasteiger charge is -2.06. The molecule has 21 heavy (non-hydrogen) atoms. The molecule has 0 aliphatic heterocycles. The van der Waals surface area contributed by atoms with Crippen LogP contribution in [0.1, 0.15) is 18.3 Å². The lowest BCUT2D eigenvalue weighted by Crippen LogP contribution is -2.02. The SMILES string of the molecule is CCc1ccc(OCc2nnc3c(N)cc(Br)cn23)cc1. The third-order valence-corrected chi connectivity index (χ3v) is 3.70.